The molecule has 2 aliphatic heterocycles. The quantitative estimate of drug-likeness (QED) is 0.663. The number of likely N-dealkylation sites (tertiary alicyclic amines) is 1. The number of ether oxygens (including phenoxy) is 2. The van der Waals surface area contributed by atoms with Crippen LogP contribution in [0, 0.1) is 11.7 Å². The highest BCUT2D eigenvalue weighted by Gasteiger charge is 2.52. The van der Waals surface area contributed by atoms with Crippen LogP contribution in [0.15, 0.2) is 30.7 Å². The predicted molar refractivity (Wildman–Crippen MR) is 103 cm³/mol. The first-order valence-electron chi connectivity index (χ1n) is 9.96. The predicted octanol–water partition coefficient (Wildman–Crippen LogP) is 2.65. The van der Waals surface area contributed by atoms with Gasteiger partial charge in [-0.2, -0.15) is 18.3 Å². The number of rotatable bonds is 6. The topological polar surface area (TPSA) is 89.7 Å². The van der Waals surface area contributed by atoms with E-state index >= 15 is 0 Å². The van der Waals surface area contributed by atoms with Crippen molar-refractivity contribution in [2.45, 2.75) is 31.2 Å². The number of aliphatic carboxylic acids is 1. The Labute approximate surface area is 181 Å². The maximum atomic E-state index is 13.6. The van der Waals surface area contributed by atoms with Crippen LogP contribution in [0.2, 0.25) is 0 Å². The Morgan fingerprint density at radius 3 is 2.72 bits per heavy atom. The van der Waals surface area contributed by atoms with Gasteiger partial charge in [0.1, 0.15) is 0 Å². The van der Waals surface area contributed by atoms with E-state index in [1.165, 1.54) is 11.6 Å². The van der Waals surface area contributed by atoms with Gasteiger partial charge in [0.25, 0.3) is 0 Å². The van der Waals surface area contributed by atoms with Gasteiger partial charge in [-0.1, -0.05) is 0 Å². The summed E-state index contributed by atoms with van der Waals surface area (Å²) in [4.78, 5) is 15.2. The molecule has 2 aromatic rings. The van der Waals surface area contributed by atoms with Gasteiger partial charge in [-0.15, -0.1) is 0 Å². The van der Waals surface area contributed by atoms with Gasteiger partial charge >= 0.3 is 12.1 Å². The Kier molecular flexibility index (Phi) is 7.34. The minimum Gasteiger partial charge on any atom is -0.476 e. The number of carboxylic acid groups (broad SMARTS) is 1. The second-order valence-electron chi connectivity index (χ2n) is 7.80. The molecular weight excluding hydrogens is 436 g/mol. The lowest BCUT2D eigenvalue weighted by molar-refractivity contribution is -0.192. The lowest BCUT2D eigenvalue weighted by Gasteiger charge is -2.50. The number of aryl methyl sites for hydroxylation is 1. The summed E-state index contributed by atoms with van der Waals surface area (Å²) in [6.07, 6.45) is 2.31. The van der Waals surface area contributed by atoms with E-state index in [1.54, 1.807) is 12.3 Å². The molecule has 1 spiro atoms. The monoisotopic (exact) mass is 460 g/mol. The molecule has 8 nitrogen and oxygen atoms in total. The summed E-state index contributed by atoms with van der Waals surface area (Å²) in [5.41, 5.74) is 1.16. The number of hydrogen-bond acceptors (Lipinski definition) is 6. The Balaban J connectivity index is 0.000000360. The second kappa shape index (κ2) is 9.82. The summed E-state index contributed by atoms with van der Waals surface area (Å²) < 4.78 is 58.7. The van der Waals surface area contributed by atoms with Crippen molar-refractivity contribution in [2.24, 2.45) is 13.0 Å². The van der Waals surface area contributed by atoms with Crippen molar-refractivity contribution in [3.63, 3.8) is 0 Å². The fourth-order valence-corrected chi connectivity index (χ4v) is 3.95. The molecule has 1 unspecified atom stereocenters. The normalized spacial score (nSPS) is 19.8. The summed E-state index contributed by atoms with van der Waals surface area (Å²) in [7, 11) is 1.93. The average Bonchev–Trinajstić information content (AvgIpc) is 3.29. The third-order valence-electron chi connectivity index (χ3n) is 5.42. The molecule has 2 saturated heterocycles. The first-order chi connectivity index (χ1) is 15.1. The number of alkyl halides is 3. The van der Waals surface area contributed by atoms with Crippen LogP contribution in [0.4, 0.5) is 17.6 Å². The van der Waals surface area contributed by atoms with Crippen LogP contribution in [0.1, 0.15) is 18.4 Å². The fraction of sp³-hybridized carbons (Fsp3) is 0.550. The summed E-state index contributed by atoms with van der Waals surface area (Å²) >= 11 is 0. The van der Waals surface area contributed by atoms with Crippen LogP contribution in [-0.2, 0) is 23.1 Å². The van der Waals surface area contributed by atoms with Gasteiger partial charge < -0.3 is 14.6 Å². The molecule has 2 aliphatic rings. The lowest BCUT2D eigenvalue weighted by atomic mass is 9.79. The molecule has 12 heteroatoms. The van der Waals surface area contributed by atoms with E-state index in [2.05, 4.69) is 15.0 Å². The van der Waals surface area contributed by atoms with E-state index in [1.807, 2.05) is 24.1 Å². The van der Waals surface area contributed by atoms with E-state index in [-0.39, 0.29) is 11.5 Å². The number of carbonyl (C=O) groups is 1. The molecule has 32 heavy (non-hydrogen) atoms. The Morgan fingerprint density at radius 1 is 1.41 bits per heavy atom. The van der Waals surface area contributed by atoms with Crippen molar-refractivity contribution in [3.05, 3.63) is 42.1 Å². The third kappa shape index (κ3) is 5.94. The molecule has 2 aromatic heterocycles. The zero-order valence-corrected chi connectivity index (χ0v) is 17.4. The molecule has 0 saturated carbocycles. The molecule has 0 radical (unpaired) electrons. The number of hydrogen-bond donors (Lipinski definition) is 1. The maximum Gasteiger partial charge on any atom is 0.490 e. The van der Waals surface area contributed by atoms with Crippen LogP contribution in [0.3, 0.4) is 0 Å². The standard InChI is InChI=1S/C18H23FN4O2.C2HF3O2/c1-22-10-14(9-21-22)11-23-12-18(13-23)15(5-8-25-18)4-7-24-17-16(19)3-2-6-20-17;3-2(4,5)1(6)7/h2-3,6,9-10,15H,4-5,7-8,11-13H2,1H3;(H,6,7). The van der Waals surface area contributed by atoms with E-state index in [0.717, 1.165) is 39.1 Å². The van der Waals surface area contributed by atoms with Crippen molar-refractivity contribution in [1.82, 2.24) is 19.7 Å². The first-order valence-corrected chi connectivity index (χ1v) is 9.96. The van der Waals surface area contributed by atoms with E-state index < -0.39 is 18.0 Å². The van der Waals surface area contributed by atoms with Gasteiger partial charge in [-0.25, -0.2) is 14.2 Å². The number of nitrogens with zero attached hydrogens (tertiary/aromatic N) is 4. The molecule has 0 amide bonds. The molecule has 2 fully saturated rings. The zero-order chi connectivity index (χ0) is 23.4. The Bertz CT molecular complexity index is 915. The lowest BCUT2D eigenvalue weighted by Crippen LogP contribution is -2.64. The second-order valence-corrected chi connectivity index (χ2v) is 7.80. The molecule has 4 heterocycles. The average molecular weight is 460 g/mol. The third-order valence-corrected chi connectivity index (χ3v) is 5.42. The summed E-state index contributed by atoms with van der Waals surface area (Å²) in [5, 5.41) is 11.3. The summed E-state index contributed by atoms with van der Waals surface area (Å²) in [6, 6.07) is 2.93. The van der Waals surface area contributed by atoms with Crippen molar-refractivity contribution in [2.75, 3.05) is 26.3 Å². The number of aromatic nitrogens is 3. The van der Waals surface area contributed by atoms with Crippen LogP contribution >= 0.6 is 0 Å². The van der Waals surface area contributed by atoms with Gasteiger partial charge in [-0.3, -0.25) is 9.58 Å². The fourth-order valence-electron chi connectivity index (χ4n) is 3.95. The molecule has 0 bridgehead atoms. The SMILES string of the molecule is Cn1cc(CN2CC3(C2)OCCC3CCOc2ncccc2F)cn1.O=C(O)C(F)(F)F. The van der Waals surface area contributed by atoms with Gasteiger partial charge in [0.15, 0.2) is 5.82 Å². The molecule has 0 aromatic carbocycles. The van der Waals surface area contributed by atoms with Gasteiger partial charge in [0.05, 0.1) is 18.4 Å². The largest absolute Gasteiger partial charge is 0.490 e. The molecule has 1 atom stereocenters. The van der Waals surface area contributed by atoms with Crippen LogP contribution in [-0.4, -0.2) is 68.8 Å². The molecular formula is C20H24F4N4O4. The molecule has 0 aliphatic carbocycles. The molecule has 1 N–H and O–H groups in total. The summed E-state index contributed by atoms with van der Waals surface area (Å²) in [5.74, 6) is -2.63. The smallest absolute Gasteiger partial charge is 0.476 e. The Hall–Kier alpha value is -2.73. The van der Waals surface area contributed by atoms with E-state index in [4.69, 9.17) is 19.4 Å². The van der Waals surface area contributed by atoms with Gasteiger partial charge in [-0.05, 0) is 30.9 Å². The summed E-state index contributed by atoms with van der Waals surface area (Å²) in [6.45, 7) is 4.03. The zero-order valence-electron chi connectivity index (χ0n) is 17.4. The highest BCUT2D eigenvalue weighted by atomic mass is 19.4. The van der Waals surface area contributed by atoms with Crippen molar-refractivity contribution in [1.29, 1.82) is 0 Å². The number of halogens is 4. The van der Waals surface area contributed by atoms with Crippen LogP contribution in [0.25, 0.3) is 0 Å². The van der Waals surface area contributed by atoms with Crippen molar-refractivity contribution < 1.29 is 36.9 Å². The van der Waals surface area contributed by atoms with Crippen LogP contribution in [0.5, 0.6) is 5.88 Å². The van der Waals surface area contributed by atoms with Crippen LogP contribution < -0.4 is 4.74 Å². The first kappa shape index (κ1) is 23.9. The highest BCUT2D eigenvalue weighted by molar-refractivity contribution is 5.73. The van der Waals surface area contributed by atoms with Gasteiger partial charge in [0, 0.05) is 51.2 Å². The van der Waals surface area contributed by atoms with Crippen molar-refractivity contribution >= 4 is 5.97 Å². The van der Waals surface area contributed by atoms with Crippen molar-refractivity contribution in [3.8, 4) is 5.88 Å². The number of carboxylic acids is 1. The molecule has 4 rings (SSSR count). The number of pyridine rings is 1. The minimum atomic E-state index is -5.08. The minimum absolute atomic E-state index is 0.0613. The van der Waals surface area contributed by atoms with E-state index in [9.17, 15) is 17.6 Å². The maximum absolute atomic E-state index is 13.6. The molecule has 176 valence electrons. The van der Waals surface area contributed by atoms with Gasteiger partial charge in [0.2, 0.25) is 5.88 Å². The van der Waals surface area contributed by atoms with E-state index in [0.29, 0.717) is 12.5 Å². The Morgan fingerprint density at radius 2 is 2.12 bits per heavy atom. The highest BCUT2D eigenvalue weighted by Crippen LogP contribution is 2.42.